The molecule has 15 nitrogen and oxygen atoms in total. The molecule has 0 aliphatic rings. The molecule has 0 rings (SSSR count). The van der Waals surface area contributed by atoms with E-state index in [1.165, 1.54) is 6.92 Å². The number of aliphatic hydroxyl groups excluding tert-OH is 1. The molecule has 0 aliphatic carbocycles. The Kier molecular flexibility index (Phi) is 18.3. The van der Waals surface area contributed by atoms with Crippen LogP contribution in [0.1, 0.15) is 74.1 Å². The summed E-state index contributed by atoms with van der Waals surface area (Å²) >= 11 is 0. The van der Waals surface area contributed by atoms with E-state index >= 15 is 0 Å². The summed E-state index contributed by atoms with van der Waals surface area (Å²) in [6.45, 7) is 11.6. The van der Waals surface area contributed by atoms with Crippen LogP contribution in [0.2, 0.25) is 0 Å². The Morgan fingerprint density at radius 1 is 0.674 bits per heavy atom. The number of hydrogen-bond acceptors (Lipinski definition) is 9. The zero-order valence-corrected chi connectivity index (χ0v) is 26.6. The van der Waals surface area contributed by atoms with Crippen LogP contribution in [0.5, 0.6) is 0 Å². The van der Waals surface area contributed by atoms with Crippen LogP contribution < -0.4 is 43.8 Å². The molecule has 6 amide bonds. The van der Waals surface area contributed by atoms with Gasteiger partial charge in [0.15, 0.2) is 0 Å². The van der Waals surface area contributed by atoms with Gasteiger partial charge in [0.1, 0.15) is 36.3 Å². The van der Waals surface area contributed by atoms with Crippen LogP contribution in [-0.4, -0.2) is 90.0 Å². The van der Waals surface area contributed by atoms with Gasteiger partial charge in [-0.2, -0.15) is 0 Å². The Balaban J connectivity index is 5.79. The van der Waals surface area contributed by atoms with Gasteiger partial charge in [0, 0.05) is 0 Å². The van der Waals surface area contributed by atoms with Crippen molar-refractivity contribution < 1.29 is 33.9 Å². The number of nitrogens with two attached hydrogens (primary N) is 3. The summed E-state index contributed by atoms with van der Waals surface area (Å²) < 4.78 is 0. The Morgan fingerprint density at radius 2 is 1.19 bits per heavy atom. The molecule has 12 N–H and O–H groups in total. The van der Waals surface area contributed by atoms with Crippen LogP contribution >= 0.6 is 0 Å². The molecule has 7 atom stereocenters. The molecule has 1 unspecified atom stereocenters. The van der Waals surface area contributed by atoms with E-state index in [-0.39, 0.29) is 18.3 Å². The third-order valence-corrected chi connectivity index (χ3v) is 7.18. The Morgan fingerprint density at radius 3 is 1.65 bits per heavy atom. The fraction of sp³-hybridized carbons (Fsp3) is 0.786. The summed E-state index contributed by atoms with van der Waals surface area (Å²) in [5, 5.41) is 22.2. The van der Waals surface area contributed by atoms with Gasteiger partial charge in [-0.15, -0.1) is 0 Å². The highest BCUT2D eigenvalue weighted by Gasteiger charge is 2.34. The monoisotopic (exact) mass is 614 g/mol. The maximum atomic E-state index is 13.4. The minimum absolute atomic E-state index is 0.209. The molecule has 0 radical (unpaired) electrons. The molecule has 248 valence electrons. The van der Waals surface area contributed by atoms with Crippen molar-refractivity contribution in [3.63, 3.8) is 0 Å². The number of aliphatic hydroxyl groups is 1. The summed E-state index contributed by atoms with van der Waals surface area (Å²) in [4.78, 5) is 76.5. The van der Waals surface area contributed by atoms with Crippen LogP contribution in [0.4, 0.5) is 0 Å². The first-order valence-electron chi connectivity index (χ1n) is 14.9. The number of nitrogens with one attached hydrogen (secondary N) is 5. The van der Waals surface area contributed by atoms with Gasteiger partial charge < -0.3 is 48.9 Å². The van der Waals surface area contributed by atoms with Crippen molar-refractivity contribution in [1.82, 2.24) is 26.6 Å². The molecule has 15 heteroatoms. The van der Waals surface area contributed by atoms with E-state index in [0.717, 1.165) is 0 Å². The van der Waals surface area contributed by atoms with Crippen molar-refractivity contribution in [2.24, 2.45) is 35.0 Å². The van der Waals surface area contributed by atoms with Gasteiger partial charge in [-0.25, -0.2) is 0 Å². The summed E-state index contributed by atoms with van der Waals surface area (Å²) in [5.74, 6) is -4.92. The Hall–Kier alpha value is -3.30. The summed E-state index contributed by atoms with van der Waals surface area (Å²) in [7, 11) is 0. The number of hydrogen-bond donors (Lipinski definition) is 9. The first kappa shape index (κ1) is 39.7. The van der Waals surface area contributed by atoms with Gasteiger partial charge in [-0.05, 0) is 50.5 Å². The molecule has 43 heavy (non-hydrogen) atoms. The highest BCUT2D eigenvalue weighted by atomic mass is 16.3. The molecular weight excluding hydrogens is 560 g/mol. The number of amides is 6. The molecular formula is C28H54N8O7. The number of primary amides is 1. The van der Waals surface area contributed by atoms with Crippen LogP contribution in [0.15, 0.2) is 0 Å². The van der Waals surface area contributed by atoms with Crippen molar-refractivity contribution in [3.05, 3.63) is 0 Å². The molecule has 0 aliphatic heterocycles. The molecule has 0 saturated carbocycles. The lowest BCUT2D eigenvalue weighted by atomic mass is 9.96. The smallest absolute Gasteiger partial charge is 0.243 e. The minimum atomic E-state index is -1.22. The number of carbonyl (C=O) groups is 6. The molecule has 0 spiro atoms. The zero-order valence-electron chi connectivity index (χ0n) is 26.6. The highest BCUT2D eigenvalue weighted by Crippen LogP contribution is 2.11. The number of carbonyl (C=O) groups excluding carboxylic acids is 6. The van der Waals surface area contributed by atoms with Crippen molar-refractivity contribution >= 4 is 35.4 Å². The largest absolute Gasteiger partial charge is 0.394 e. The average molecular weight is 615 g/mol. The zero-order chi connectivity index (χ0) is 33.4. The second-order valence-electron chi connectivity index (χ2n) is 11.6. The van der Waals surface area contributed by atoms with Gasteiger partial charge in [-0.1, -0.05) is 48.0 Å². The van der Waals surface area contributed by atoms with Crippen LogP contribution in [0.25, 0.3) is 0 Å². The van der Waals surface area contributed by atoms with Gasteiger partial charge in [0.2, 0.25) is 35.4 Å². The lowest BCUT2D eigenvalue weighted by molar-refractivity contribution is -0.136. The SMILES string of the molecule is CCC(C)[C@H](NC(=O)[C@@H](N)CO)C(=O)N[C@@H](CCCCN)C(=O)N[C@H](C(=O)N[C@@H](C)C(=O)N[C@H](C(N)=O)C(C)C)C(C)C. The van der Waals surface area contributed by atoms with Crippen molar-refractivity contribution in [2.45, 2.75) is 110 Å². The molecule has 0 heterocycles. The molecule has 0 aromatic heterocycles. The lowest BCUT2D eigenvalue weighted by Crippen LogP contribution is -2.61. The lowest BCUT2D eigenvalue weighted by Gasteiger charge is -2.29. The number of unbranched alkanes of at least 4 members (excludes halogenated alkanes) is 1. The van der Waals surface area contributed by atoms with Gasteiger partial charge >= 0.3 is 0 Å². The summed E-state index contributed by atoms with van der Waals surface area (Å²) in [6.07, 6.45) is 1.81. The molecule has 0 bridgehead atoms. The van der Waals surface area contributed by atoms with Crippen molar-refractivity contribution in [2.75, 3.05) is 13.2 Å². The maximum Gasteiger partial charge on any atom is 0.243 e. The first-order chi connectivity index (χ1) is 20.0. The fourth-order valence-corrected chi connectivity index (χ4v) is 4.07. The topological polar surface area (TPSA) is 261 Å². The van der Waals surface area contributed by atoms with E-state index in [4.69, 9.17) is 17.2 Å². The fourth-order valence-electron chi connectivity index (χ4n) is 4.07. The Labute approximate surface area is 254 Å². The van der Waals surface area contributed by atoms with E-state index < -0.39 is 84.2 Å². The van der Waals surface area contributed by atoms with E-state index in [1.54, 1.807) is 34.6 Å². The van der Waals surface area contributed by atoms with Crippen LogP contribution in [0, 0.1) is 17.8 Å². The molecule has 0 aromatic rings. The first-order valence-corrected chi connectivity index (χ1v) is 14.9. The maximum absolute atomic E-state index is 13.4. The van der Waals surface area contributed by atoms with E-state index in [9.17, 15) is 33.9 Å². The minimum Gasteiger partial charge on any atom is -0.394 e. The third kappa shape index (κ3) is 13.7. The summed E-state index contributed by atoms with van der Waals surface area (Å²) in [6, 6.07) is -6.35. The molecule has 0 saturated heterocycles. The second-order valence-corrected chi connectivity index (χ2v) is 11.6. The van der Waals surface area contributed by atoms with Crippen LogP contribution in [0.3, 0.4) is 0 Å². The van der Waals surface area contributed by atoms with Crippen molar-refractivity contribution in [1.29, 1.82) is 0 Å². The van der Waals surface area contributed by atoms with Gasteiger partial charge in [-0.3, -0.25) is 28.8 Å². The normalized spacial score (nSPS) is 16.2. The molecule has 0 fully saturated rings. The predicted octanol–water partition coefficient (Wildman–Crippen LogP) is -2.28. The quantitative estimate of drug-likeness (QED) is 0.0668. The van der Waals surface area contributed by atoms with Gasteiger partial charge in [0.25, 0.3) is 0 Å². The van der Waals surface area contributed by atoms with E-state index in [2.05, 4.69) is 26.6 Å². The second kappa shape index (κ2) is 19.8. The third-order valence-electron chi connectivity index (χ3n) is 7.18. The van der Waals surface area contributed by atoms with E-state index in [1.807, 2.05) is 6.92 Å². The average Bonchev–Trinajstić information content (AvgIpc) is 2.94. The summed E-state index contributed by atoms with van der Waals surface area (Å²) in [5.41, 5.74) is 16.6. The molecule has 0 aromatic carbocycles. The number of rotatable bonds is 20. The van der Waals surface area contributed by atoms with E-state index in [0.29, 0.717) is 25.8 Å². The highest BCUT2D eigenvalue weighted by molar-refractivity contribution is 5.96. The van der Waals surface area contributed by atoms with Gasteiger partial charge in [0.05, 0.1) is 6.61 Å². The van der Waals surface area contributed by atoms with Crippen LogP contribution in [-0.2, 0) is 28.8 Å². The van der Waals surface area contributed by atoms with Crippen molar-refractivity contribution in [3.8, 4) is 0 Å². The predicted molar refractivity (Wildman–Crippen MR) is 162 cm³/mol. The standard InChI is InChI=1S/C28H54N8O7/c1-8-16(6)22(36-25(40)18(30)13-37)28(43)33-19(11-9-10-12-29)26(41)35-21(15(4)5)27(42)32-17(7)24(39)34-20(14(2)3)23(31)38/h14-22,37H,8-13,29-30H2,1-7H3,(H2,31,38)(H,32,42)(H,33,43)(H,34,39)(H,35,41)(H,36,40)/t16?,17-,18-,19-,20-,21-,22-/m0/s1. The Bertz CT molecular complexity index is 946.